The molecule has 1 rings (SSSR count). The van der Waals surface area contributed by atoms with Gasteiger partial charge in [-0.1, -0.05) is 6.08 Å². The highest BCUT2D eigenvalue weighted by Gasteiger charge is 2.22. The molecule has 7 heteroatoms. The van der Waals surface area contributed by atoms with E-state index in [1.54, 1.807) is 13.8 Å². The molecule has 1 heterocycles. The maximum atomic E-state index is 12.3. The van der Waals surface area contributed by atoms with Gasteiger partial charge in [0.2, 0.25) is 0 Å². The molecule has 0 unspecified atom stereocenters. The van der Waals surface area contributed by atoms with E-state index in [9.17, 15) is 14.4 Å². The summed E-state index contributed by atoms with van der Waals surface area (Å²) in [5.41, 5.74) is -0.695. The Bertz CT molecular complexity index is 621. The summed E-state index contributed by atoms with van der Waals surface area (Å²) in [5.74, 6) is -1.41. The van der Waals surface area contributed by atoms with Crippen LogP contribution in [0.5, 0.6) is 0 Å². The van der Waals surface area contributed by atoms with Gasteiger partial charge in [0, 0.05) is 6.54 Å². The van der Waals surface area contributed by atoms with Crippen molar-refractivity contribution in [2.24, 2.45) is 0 Å². The standard InChI is InChI=1S/C14H16BrNO5/c1-4-7-16-11(15)9(13(18)20-5-2)8-10(12(16)17)14(19)21-6-3/h4,8H,1,5-7H2,2-3H3. The topological polar surface area (TPSA) is 74.6 Å². The summed E-state index contributed by atoms with van der Waals surface area (Å²) < 4.78 is 11.2. The molecule has 0 amide bonds. The number of halogens is 1. The van der Waals surface area contributed by atoms with E-state index in [0.29, 0.717) is 0 Å². The number of hydrogen-bond acceptors (Lipinski definition) is 5. The molecule has 0 aliphatic carbocycles. The van der Waals surface area contributed by atoms with Crippen molar-refractivity contribution in [2.75, 3.05) is 13.2 Å². The second-order valence-electron chi connectivity index (χ2n) is 3.91. The van der Waals surface area contributed by atoms with Gasteiger partial charge < -0.3 is 9.47 Å². The SMILES string of the molecule is C=CCn1c(Br)c(C(=O)OCC)cc(C(=O)OCC)c1=O. The van der Waals surface area contributed by atoms with E-state index < -0.39 is 17.5 Å². The van der Waals surface area contributed by atoms with Crippen molar-refractivity contribution >= 4 is 27.9 Å². The van der Waals surface area contributed by atoms with E-state index in [2.05, 4.69) is 22.5 Å². The average Bonchev–Trinajstić information content (AvgIpc) is 2.44. The van der Waals surface area contributed by atoms with Crippen LogP contribution in [0.25, 0.3) is 0 Å². The smallest absolute Gasteiger partial charge is 0.343 e. The van der Waals surface area contributed by atoms with Gasteiger partial charge in [-0.05, 0) is 35.8 Å². The number of aromatic nitrogens is 1. The molecule has 0 atom stereocenters. The number of hydrogen-bond donors (Lipinski definition) is 0. The van der Waals surface area contributed by atoms with Crippen molar-refractivity contribution in [3.05, 3.63) is 44.8 Å². The summed E-state index contributed by atoms with van der Waals surface area (Å²) in [5, 5.41) is 0. The van der Waals surface area contributed by atoms with Crippen LogP contribution in [0.2, 0.25) is 0 Å². The molecule has 0 aliphatic heterocycles. The Morgan fingerprint density at radius 3 is 2.24 bits per heavy atom. The first kappa shape index (κ1) is 17.2. The Labute approximate surface area is 130 Å². The minimum atomic E-state index is -0.779. The Kier molecular flexibility index (Phi) is 6.36. The highest BCUT2D eigenvalue weighted by atomic mass is 79.9. The highest BCUT2D eigenvalue weighted by Crippen LogP contribution is 2.18. The van der Waals surface area contributed by atoms with E-state index in [4.69, 9.17) is 9.47 Å². The quantitative estimate of drug-likeness (QED) is 0.443. The highest BCUT2D eigenvalue weighted by molar-refractivity contribution is 9.10. The van der Waals surface area contributed by atoms with Gasteiger partial charge in [0.25, 0.3) is 5.56 Å². The molecule has 0 N–H and O–H groups in total. The molecule has 21 heavy (non-hydrogen) atoms. The fraction of sp³-hybridized carbons (Fsp3) is 0.357. The van der Waals surface area contributed by atoms with Crippen LogP contribution in [0, 0.1) is 0 Å². The number of esters is 2. The maximum absolute atomic E-state index is 12.3. The Hall–Kier alpha value is -1.89. The third kappa shape index (κ3) is 3.81. The predicted molar refractivity (Wildman–Crippen MR) is 80.5 cm³/mol. The van der Waals surface area contributed by atoms with Gasteiger partial charge in [-0.15, -0.1) is 6.58 Å². The molecule has 0 spiro atoms. The van der Waals surface area contributed by atoms with Crippen LogP contribution in [0.3, 0.4) is 0 Å². The molecular formula is C14H16BrNO5. The second kappa shape index (κ2) is 7.78. The van der Waals surface area contributed by atoms with Crippen LogP contribution in [-0.2, 0) is 16.0 Å². The number of rotatable bonds is 6. The van der Waals surface area contributed by atoms with E-state index in [-0.39, 0.29) is 35.5 Å². The lowest BCUT2D eigenvalue weighted by molar-refractivity contribution is 0.0521. The van der Waals surface area contributed by atoms with Gasteiger partial charge in [-0.3, -0.25) is 9.36 Å². The Morgan fingerprint density at radius 2 is 1.76 bits per heavy atom. The summed E-state index contributed by atoms with van der Waals surface area (Å²) in [4.78, 5) is 36.0. The molecule has 6 nitrogen and oxygen atoms in total. The molecule has 114 valence electrons. The number of allylic oxidation sites excluding steroid dienone is 1. The first-order valence-corrected chi connectivity index (χ1v) is 7.15. The van der Waals surface area contributed by atoms with Gasteiger partial charge in [0.05, 0.1) is 18.8 Å². The third-order valence-corrected chi connectivity index (χ3v) is 3.38. The molecule has 0 saturated carbocycles. The van der Waals surface area contributed by atoms with Crippen molar-refractivity contribution in [2.45, 2.75) is 20.4 Å². The Balaban J connectivity index is 3.51. The van der Waals surface area contributed by atoms with E-state index in [0.717, 1.165) is 0 Å². The van der Waals surface area contributed by atoms with Gasteiger partial charge in [-0.25, -0.2) is 9.59 Å². The van der Waals surface area contributed by atoms with Gasteiger partial charge >= 0.3 is 11.9 Å². The zero-order chi connectivity index (χ0) is 16.0. The van der Waals surface area contributed by atoms with Crippen LogP contribution >= 0.6 is 15.9 Å². The molecule has 1 aromatic rings. The normalized spacial score (nSPS) is 10.0. The fourth-order valence-corrected chi connectivity index (χ4v) is 2.23. The minimum absolute atomic E-state index is 0.0846. The van der Waals surface area contributed by atoms with Gasteiger partial charge in [0.1, 0.15) is 10.2 Å². The molecule has 0 bridgehead atoms. The lowest BCUT2D eigenvalue weighted by Gasteiger charge is -2.13. The average molecular weight is 358 g/mol. The molecule has 0 aliphatic rings. The third-order valence-electron chi connectivity index (χ3n) is 2.53. The number of ether oxygens (including phenoxy) is 2. The maximum Gasteiger partial charge on any atom is 0.343 e. The summed E-state index contributed by atoms with van der Waals surface area (Å²) in [7, 11) is 0. The summed E-state index contributed by atoms with van der Waals surface area (Å²) in [6, 6.07) is 1.18. The van der Waals surface area contributed by atoms with E-state index in [1.807, 2.05) is 0 Å². The molecule has 0 fully saturated rings. The van der Waals surface area contributed by atoms with Crippen molar-refractivity contribution in [1.82, 2.24) is 4.57 Å². The van der Waals surface area contributed by atoms with E-state index in [1.165, 1.54) is 16.7 Å². The largest absolute Gasteiger partial charge is 0.462 e. The number of carbonyl (C=O) groups is 2. The summed E-state index contributed by atoms with van der Waals surface area (Å²) in [6.45, 7) is 7.29. The van der Waals surface area contributed by atoms with Crippen LogP contribution in [0.15, 0.2) is 28.1 Å². The Morgan fingerprint density at radius 1 is 1.24 bits per heavy atom. The minimum Gasteiger partial charge on any atom is -0.462 e. The lowest BCUT2D eigenvalue weighted by atomic mass is 10.2. The summed E-state index contributed by atoms with van der Waals surface area (Å²) >= 11 is 3.19. The number of carbonyl (C=O) groups excluding carboxylic acids is 2. The van der Waals surface area contributed by atoms with Gasteiger partial charge in [-0.2, -0.15) is 0 Å². The fourth-order valence-electron chi connectivity index (χ4n) is 1.64. The van der Waals surface area contributed by atoms with Crippen molar-refractivity contribution < 1.29 is 19.1 Å². The first-order valence-electron chi connectivity index (χ1n) is 6.36. The molecule has 0 saturated heterocycles. The second-order valence-corrected chi connectivity index (χ2v) is 4.66. The van der Waals surface area contributed by atoms with E-state index >= 15 is 0 Å². The van der Waals surface area contributed by atoms with Crippen LogP contribution in [0.4, 0.5) is 0 Å². The zero-order valence-electron chi connectivity index (χ0n) is 11.8. The lowest BCUT2D eigenvalue weighted by Crippen LogP contribution is -2.30. The molecule has 0 radical (unpaired) electrons. The number of nitrogens with zero attached hydrogens (tertiary/aromatic N) is 1. The summed E-state index contributed by atoms with van der Waals surface area (Å²) in [6.07, 6.45) is 1.48. The van der Waals surface area contributed by atoms with Crippen molar-refractivity contribution in [3.63, 3.8) is 0 Å². The molecular weight excluding hydrogens is 342 g/mol. The van der Waals surface area contributed by atoms with Crippen LogP contribution < -0.4 is 5.56 Å². The van der Waals surface area contributed by atoms with Crippen LogP contribution in [0.1, 0.15) is 34.6 Å². The monoisotopic (exact) mass is 357 g/mol. The zero-order valence-corrected chi connectivity index (χ0v) is 13.4. The molecule has 0 aromatic carbocycles. The number of pyridine rings is 1. The molecule has 1 aromatic heterocycles. The first-order chi connectivity index (χ1) is 9.97. The van der Waals surface area contributed by atoms with Crippen molar-refractivity contribution in [3.8, 4) is 0 Å². The van der Waals surface area contributed by atoms with Crippen molar-refractivity contribution in [1.29, 1.82) is 0 Å². The van der Waals surface area contributed by atoms with Crippen LogP contribution in [-0.4, -0.2) is 29.7 Å². The van der Waals surface area contributed by atoms with Gasteiger partial charge in [0.15, 0.2) is 0 Å². The predicted octanol–water partition coefficient (Wildman–Crippen LogP) is 2.15.